The number of ether oxygens (including phenoxy) is 2. The molecule has 4 aliphatic rings. The molecule has 0 spiro atoms. The van der Waals surface area contributed by atoms with Crippen molar-refractivity contribution >= 4 is 73.1 Å². The van der Waals surface area contributed by atoms with E-state index in [9.17, 15) is 31.2 Å². The summed E-state index contributed by atoms with van der Waals surface area (Å²) < 4.78 is 61.5. The first kappa shape index (κ1) is 52.2. The molecule has 354 valence electrons. The van der Waals surface area contributed by atoms with Crippen LogP contribution in [0.5, 0.6) is 0 Å². The largest absolute Gasteiger partial charge is 0.444 e. The highest BCUT2D eigenvalue weighted by atomic mass is 35.5. The summed E-state index contributed by atoms with van der Waals surface area (Å²) in [6.45, 7) is 20.6. The number of anilines is 2. The molecule has 4 saturated heterocycles. The zero-order valence-corrected chi connectivity index (χ0v) is 40.9. The van der Waals surface area contributed by atoms with E-state index in [2.05, 4.69) is 24.6 Å². The van der Waals surface area contributed by atoms with Crippen molar-refractivity contribution in [2.45, 2.75) is 84.2 Å². The number of carbonyl (C=O) groups is 3. The number of hydrogen-bond acceptors (Lipinski definition) is 13. The van der Waals surface area contributed by atoms with E-state index < -0.39 is 25.6 Å². The Morgan fingerprint density at radius 2 is 1.14 bits per heavy atom. The van der Waals surface area contributed by atoms with E-state index in [4.69, 9.17) is 32.7 Å². The summed E-state index contributed by atoms with van der Waals surface area (Å²) in [6, 6.07) is 10.7. The Morgan fingerprint density at radius 3 is 1.60 bits per heavy atom. The monoisotopic (exact) mass is 960 g/mol. The van der Waals surface area contributed by atoms with Crippen LogP contribution in [0.1, 0.15) is 70.3 Å². The molecule has 0 aliphatic carbocycles. The van der Waals surface area contributed by atoms with Crippen molar-refractivity contribution in [2.24, 2.45) is 0 Å². The minimum absolute atomic E-state index is 0.0980. The smallest absolute Gasteiger partial charge is 0.410 e. The maximum atomic E-state index is 12.3. The van der Waals surface area contributed by atoms with Gasteiger partial charge < -0.3 is 34.4 Å². The summed E-state index contributed by atoms with van der Waals surface area (Å²) in [5.41, 5.74) is 2.62. The van der Waals surface area contributed by atoms with E-state index in [0.717, 1.165) is 88.3 Å². The van der Waals surface area contributed by atoms with Crippen LogP contribution in [0.4, 0.5) is 21.0 Å². The van der Waals surface area contributed by atoms with E-state index >= 15 is 0 Å². The van der Waals surface area contributed by atoms with Crippen molar-refractivity contribution in [3.63, 3.8) is 0 Å². The molecule has 0 radical (unpaired) electrons. The number of rotatable bonds is 9. The Hall–Kier alpha value is -3.43. The number of sulfonamides is 2. The van der Waals surface area contributed by atoms with Crippen LogP contribution in [0.15, 0.2) is 36.4 Å². The Balaban J connectivity index is 0.000000230. The fraction of sp³-hybridized carbons (Fsp3) is 0.643. The lowest BCUT2D eigenvalue weighted by molar-refractivity contribution is 0.0138. The second-order valence-electron chi connectivity index (χ2n) is 18.2. The summed E-state index contributed by atoms with van der Waals surface area (Å²) in [6.07, 6.45) is 4.12. The van der Waals surface area contributed by atoms with E-state index in [1.165, 1.54) is 6.26 Å². The predicted octanol–water partition coefficient (Wildman–Crippen LogP) is 4.63. The van der Waals surface area contributed by atoms with Crippen molar-refractivity contribution in [3.8, 4) is 0 Å². The highest BCUT2D eigenvalue weighted by Gasteiger charge is 2.30. The molecule has 0 saturated carbocycles. The number of amides is 2. The number of nitrogens with one attached hydrogen (secondary N) is 3. The molecule has 21 heteroatoms. The van der Waals surface area contributed by atoms with Gasteiger partial charge in [0.25, 0.3) is 0 Å². The minimum atomic E-state index is -3.23. The van der Waals surface area contributed by atoms with Crippen molar-refractivity contribution in [1.29, 1.82) is 0 Å². The second kappa shape index (κ2) is 22.7. The Kier molecular flexibility index (Phi) is 18.8. The normalized spacial score (nSPS) is 20.0. The van der Waals surface area contributed by atoms with Crippen LogP contribution in [0.2, 0.25) is 10.0 Å². The molecule has 2 aromatic rings. The lowest BCUT2D eigenvalue weighted by Gasteiger charge is -2.36. The molecule has 4 fully saturated rings. The van der Waals surface area contributed by atoms with Crippen LogP contribution in [-0.2, 0) is 36.1 Å². The standard InChI is InChI=1S/C21H33ClN4O4S.C12H15ClN2O3S.C9H18N2O2/c1-21(2,3)30-20(27)25-11-9-24(10-12-25)14-16-5-6-17(22)13-19(16)26-8-7-18(15-26)23-31(4,28)29;1-19(17,18)14-11-4-5-15(7-11)12-6-10(13)3-2-9(12)8-16;1-9(2,3)13-8(12)11-6-4-10-5-7-11/h5-6,13,18,23H,7-12,14-15H2,1-4H3;2-3,6,8,11,14H,4-5,7H2,1H3;10H,4-7H2,1-3H3/t18-;11-;/m11./s1. The first-order valence-corrected chi connectivity index (χ1v) is 25.7. The Labute approximate surface area is 384 Å². The number of hydrogen-bond donors (Lipinski definition) is 3. The van der Waals surface area contributed by atoms with Crippen molar-refractivity contribution in [3.05, 3.63) is 57.6 Å². The molecule has 6 rings (SSSR count). The van der Waals surface area contributed by atoms with Gasteiger partial charge in [0.1, 0.15) is 11.2 Å². The van der Waals surface area contributed by atoms with E-state index in [1.807, 2.05) is 64.6 Å². The van der Waals surface area contributed by atoms with Gasteiger partial charge in [-0.3, -0.25) is 9.69 Å². The van der Waals surface area contributed by atoms with Gasteiger partial charge in [0.15, 0.2) is 6.29 Å². The van der Waals surface area contributed by atoms with Crippen LogP contribution in [0.3, 0.4) is 0 Å². The molecule has 2 atom stereocenters. The van der Waals surface area contributed by atoms with E-state index in [0.29, 0.717) is 54.8 Å². The molecule has 0 aromatic heterocycles. The number of halogens is 2. The predicted molar refractivity (Wildman–Crippen MR) is 249 cm³/mol. The average molecular weight is 962 g/mol. The van der Waals surface area contributed by atoms with Gasteiger partial charge in [-0.05, 0) is 90.3 Å². The molecular formula is C42H66Cl2N8O9S2. The first-order chi connectivity index (χ1) is 29.3. The van der Waals surface area contributed by atoms with E-state index in [1.54, 1.807) is 28.0 Å². The maximum absolute atomic E-state index is 12.3. The molecule has 0 bridgehead atoms. The van der Waals surface area contributed by atoms with Gasteiger partial charge in [0.2, 0.25) is 20.0 Å². The highest BCUT2D eigenvalue weighted by Crippen LogP contribution is 2.30. The van der Waals surface area contributed by atoms with Gasteiger partial charge in [-0.25, -0.2) is 35.9 Å². The van der Waals surface area contributed by atoms with Gasteiger partial charge in [-0.2, -0.15) is 0 Å². The number of nitrogens with zero attached hydrogens (tertiary/aromatic N) is 5. The van der Waals surface area contributed by atoms with Crippen molar-refractivity contribution < 1.29 is 40.7 Å². The molecule has 3 N–H and O–H groups in total. The summed E-state index contributed by atoms with van der Waals surface area (Å²) in [4.78, 5) is 44.8. The fourth-order valence-corrected chi connectivity index (χ4v) is 9.37. The van der Waals surface area contributed by atoms with Gasteiger partial charge in [0.05, 0.1) is 12.5 Å². The molecule has 2 amide bonds. The first-order valence-electron chi connectivity index (χ1n) is 21.1. The molecule has 2 aromatic carbocycles. The number of benzene rings is 2. The van der Waals surface area contributed by atoms with Crippen LogP contribution in [0, 0.1) is 0 Å². The fourth-order valence-electron chi connectivity index (χ4n) is 7.44. The van der Waals surface area contributed by atoms with Crippen LogP contribution < -0.4 is 24.6 Å². The summed E-state index contributed by atoms with van der Waals surface area (Å²) in [5, 5.41) is 4.40. The summed E-state index contributed by atoms with van der Waals surface area (Å²) in [5.74, 6) is 0. The quantitative estimate of drug-likeness (QED) is 0.296. The van der Waals surface area contributed by atoms with E-state index in [-0.39, 0.29) is 29.9 Å². The molecule has 4 heterocycles. The lowest BCUT2D eigenvalue weighted by Crippen LogP contribution is -2.49. The second-order valence-corrected chi connectivity index (χ2v) is 22.6. The van der Waals surface area contributed by atoms with Gasteiger partial charge in [-0.1, -0.05) is 29.3 Å². The molecule has 17 nitrogen and oxygen atoms in total. The number of aldehydes is 1. The summed E-state index contributed by atoms with van der Waals surface area (Å²) in [7, 11) is -6.44. The third kappa shape index (κ3) is 18.5. The topological polar surface area (TPSA) is 190 Å². The van der Waals surface area contributed by atoms with Crippen molar-refractivity contribution in [1.82, 2.24) is 29.5 Å². The van der Waals surface area contributed by atoms with Crippen LogP contribution >= 0.6 is 23.2 Å². The zero-order chi connectivity index (χ0) is 46.8. The number of carbonyl (C=O) groups excluding carboxylic acids is 3. The Bertz CT molecular complexity index is 2090. The molecule has 0 unspecified atom stereocenters. The van der Waals surface area contributed by atoms with Gasteiger partial charge in [-0.15, -0.1) is 0 Å². The maximum Gasteiger partial charge on any atom is 0.410 e. The highest BCUT2D eigenvalue weighted by molar-refractivity contribution is 7.89. The van der Waals surface area contributed by atoms with Crippen LogP contribution in [-0.4, -0.2) is 164 Å². The van der Waals surface area contributed by atoms with Crippen molar-refractivity contribution in [2.75, 3.05) is 101 Å². The summed E-state index contributed by atoms with van der Waals surface area (Å²) >= 11 is 12.2. The Morgan fingerprint density at radius 1 is 0.698 bits per heavy atom. The molecule has 63 heavy (non-hydrogen) atoms. The number of piperazine rings is 2. The lowest BCUT2D eigenvalue weighted by atomic mass is 10.1. The third-order valence-electron chi connectivity index (χ3n) is 10.2. The van der Waals surface area contributed by atoms with Gasteiger partial charge >= 0.3 is 12.2 Å². The third-order valence-corrected chi connectivity index (χ3v) is 12.2. The zero-order valence-electron chi connectivity index (χ0n) is 37.8. The minimum Gasteiger partial charge on any atom is -0.444 e. The van der Waals surface area contributed by atoms with Crippen LogP contribution in [0.25, 0.3) is 0 Å². The average Bonchev–Trinajstić information content (AvgIpc) is 3.83. The SMILES string of the molecule is CC(C)(C)OC(=O)N1CCN(Cc2ccc(Cl)cc2N2CC[C@@H](NS(C)(=O)=O)C2)CC1.CC(C)(C)OC(=O)N1CCNCC1.CS(=O)(=O)N[C@@H]1CCN(c2cc(Cl)ccc2C=O)C1. The molecule has 4 aliphatic heterocycles. The van der Waals surface area contributed by atoms with Gasteiger partial charge in [0, 0.05) is 124 Å². The molecular weight excluding hydrogens is 896 g/mol.